The van der Waals surface area contributed by atoms with E-state index in [1.54, 1.807) is 11.8 Å². The summed E-state index contributed by atoms with van der Waals surface area (Å²) in [6.07, 6.45) is 1.88. The van der Waals surface area contributed by atoms with E-state index < -0.39 is 15.5 Å². The van der Waals surface area contributed by atoms with Crippen LogP contribution >= 0.6 is 0 Å². The first-order chi connectivity index (χ1) is 11.9. The van der Waals surface area contributed by atoms with Crippen molar-refractivity contribution in [1.82, 2.24) is 0 Å². The predicted octanol–water partition coefficient (Wildman–Crippen LogP) is 4.68. The summed E-state index contributed by atoms with van der Waals surface area (Å²) >= 11 is 0. The van der Waals surface area contributed by atoms with E-state index in [2.05, 4.69) is 6.92 Å². The van der Waals surface area contributed by atoms with Crippen molar-refractivity contribution >= 4 is 21.5 Å². The Balaban J connectivity index is 2.27. The Morgan fingerprint density at radius 3 is 2.44 bits per heavy atom. The average Bonchev–Trinajstić information content (AvgIpc) is 2.59. The summed E-state index contributed by atoms with van der Waals surface area (Å²) in [5.74, 6) is 1.28. The summed E-state index contributed by atoms with van der Waals surface area (Å²) in [5.41, 5.74) is 3.43. The molecule has 1 N–H and O–H groups in total. The molecule has 1 heterocycles. The van der Waals surface area contributed by atoms with Gasteiger partial charge in [0.2, 0.25) is 0 Å². The van der Waals surface area contributed by atoms with Gasteiger partial charge in [0.25, 0.3) is 10.1 Å². The molecular weight excluding hydrogens is 338 g/mol. The Morgan fingerprint density at radius 1 is 1.08 bits per heavy atom. The number of benzene rings is 2. The van der Waals surface area contributed by atoms with Gasteiger partial charge in [0.05, 0.1) is 11.4 Å². The lowest BCUT2D eigenvalue weighted by Crippen LogP contribution is -2.38. The van der Waals surface area contributed by atoms with E-state index >= 15 is 0 Å². The molecule has 1 aliphatic heterocycles. The molecule has 1 unspecified atom stereocenters. The lowest BCUT2D eigenvalue weighted by Gasteiger charge is -2.37. The average molecular weight is 361 g/mol. The second kappa shape index (κ2) is 6.69. The summed E-state index contributed by atoms with van der Waals surface area (Å²) in [6.45, 7) is 5.83. The van der Waals surface area contributed by atoms with Gasteiger partial charge in [-0.25, -0.2) is 0 Å². The standard InChI is InChI=1S/C19H23NO4S/c1-4-13-10-11-15-17(12-13)24-19-14(5-2)8-7-9-16(19)20(15)18(6-3)25(21,22)23/h7-12,18H,4-6H2,1-3H3,(H,21,22,23). The number of fused-ring (bicyclic) bond motifs is 2. The molecule has 1 aliphatic rings. The Kier molecular flexibility index (Phi) is 4.75. The van der Waals surface area contributed by atoms with Gasteiger partial charge >= 0.3 is 0 Å². The molecule has 0 aliphatic carbocycles. The van der Waals surface area contributed by atoms with E-state index in [0.29, 0.717) is 22.9 Å². The molecule has 5 nitrogen and oxygen atoms in total. The predicted molar refractivity (Wildman–Crippen MR) is 99.5 cm³/mol. The van der Waals surface area contributed by atoms with Gasteiger partial charge in [-0.05, 0) is 48.6 Å². The molecule has 2 aromatic rings. The van der Waals surface area contributed by atoms with Gasteiger partial charge in [-0.15, -0.1) is 0 Å². The minimum Gasteiger partial charge on any atom is -0.453 e. The molecule has 0 fully saturated rings. The van der Waals surface area contributed by atoms with Crippen molar-refractivity contribution < 1.29 is 17.7 Å². The third-order valence-electron chi connectivity index (χ3n) is 4.60. The van der Waals surface area contributed by atoms with Crippen molar-refractivity contribution in [3.8, 4) is 11.5 Å². The van der Waals surface area contributed by atoms with E-state index in [0.717, 1.165) is 24.0 Å². The number of hydrogen-bond acceptors (Lipinski definition) is 4. The molecule has 2 aromatic carbocycles. The minimum atomic E-state index is -4.26. The topological polar surface area (TPSA) is 66.8 Å². The van der Waals surface area contributed by atoms with Crippen molar-refractivity contribution in [2.75, 3.05) is 4.90 Å². The first-order valence-electron chi connectivity index (χ1n) is 8.58. The zero-order valence-corrected chi connectivity index (χ0v) is 15.5. The maximum Gasteiger partial charge on any atom is 0.286 e. The van der Waals surface area contributed by atoms with Crippen LogP contribution in [0.4, 0.5) is 11.4 Å². The van der Waals surface area contributed by atoms with Crippen LogP contribution in [-0.4, -0.2) is 18.3 Å². The fourth-order valence-corrected chi connectivity index (χ4v) is 4.21. The number of ether oxygens (including phenoxy) is 1. The number of nitrogens with zero attached hydrogens (tertiary/aromatic N) is 1. The van der Waals surface area contributed by atoms with E-state index in [-0.39, 0.29) is 6.42 Å². The molecule has 0 amide bonds. The van der Waals surface area contributed by atoms with Crippen LogP contribution in [0, 0.1) is 0 Å². The van der Waals surface area contributed by atoms with E-state index in [1.807, 2.05) is 43.3 Å². The lowest BCUT2D eigenvalue weighted by atomic mass is 10.0. The highest BCUT2D eigenvalue weighted by molar-refractivity contribution is 7.86. The number of para-hydroxylation sites is 1. The largest absolute Gasteiger partial charge is 0.453 e. The molecule has 3 rings (SSSR count). The third kappa shape index (κ3) is 3.12. The van der Waals surface area contributed by atoms with Crippen LogP contribution in [0.3, 0.4) is 0 Å². The van der Waals surface area contributed by atoms with Gasteiger partial charge in [0, 0.05) is 0 Å². The molecule has 0 saturated carbocycles. The molecular formula is C19H23NO4S. The summed E-state index contributed by atoms with van der Waals surface area (Å²) in [5, 5.41) is -1.06. The number of hydrogen-bond donors (Lipinski definition) is 1. The summed E-state index contributed by atoms with van der Waals surface area (Å²) < 4.78 is 40.0. The second-order valence-electron chi connectivity index (χ2n) is 6.12. The van der Waals surface area contributed by atoms with Gasteiger partial charge in [0.15, 0.2) is 16.9 Å². The molecule has 0 aromatic heterocycles. The molecule has 0 radical (unpaired) electrons. The maximum atomic E-state index is 12.0. The fraction of sp³-hybridized carbons (Fsp3) is 0.368. The molecule has 25 heavy (non-hydrogen) atoms. The molecule has 6 heteroatoms. The first-order valence-corrected chi connectivity index (χ1v) is 10.1. The molecule has 1 atom stereocenters. The SMILES string of the molecule is CCc1ccc2c(c1)Oc1c(CC)cccc1N2C(CC)S(=O)(=O)O. The van der Waals surface area contributed by atoms with Gasteiger partial charge in [-0.2, -0.15) is 8.42 Å². The van der Waals surface area contributed by atoms with Crippen LogP contribution in [0.15, 0.2) is 36.4 Å². The smallest absolute Gasteiger partial charge is 0.286 e. The van der Waals surface area contributed by atoms with Crippen molar-refractivity contribution in [2.45, 2.75) is 45.4 Å². The Hall–Kier alpha value is -2.05. The highest BCUT2D eigenvalue weighted by Crippen LogP contribution is 2.50. The molecule has 0 saturated heterocycles. The third-order valence-corrected chi connectivity index (χ3v) is 5.83. The van der Waals surface area contributed by atoms with Crippen LogP contribution in [0.5, 0.6) is 11.5 Å². The van der Waals surface area contributed by atoms with Crippen LogP contribution in [0.1, 0.15) is 38.3 Å². The zero-order chi connectivity index (χ0) is 18.2. The highest BCUT2D eigenvalue weighted by Gasteiger charge is 2.36. The molecule has 0 bridgehead atoms. The second-order valence-corrected chi connectivity index (χ2v) is 7.70. The zero-order valence-electron chi connectivity index (χ0n) is 14.7. The van der Waals surface area contributed by atoms with E-state index in [4.69, 9.17) is 4.74 Å². The fourth-order valence-electron chi connectivity index (χ4n) is 3.29. The van der Waals surface area contributed by atoms with Gasteiger partial charge < -0.3 is 9.64 Å². The van der Waals surface area contributed by atoms with Crippen molar-refractivity contribution in [3.05, 3.63) is 47.5 Å². The van der Waals surface area contributed by atoms with Gasteiger partial charge in [-0.3, -0.25) is 4.55 Å². The Morgan fingerprint density at radius 2 is 1.84 bits per heavy atom. The molecule has 134 valence electrons. The number of aryl methyl sites for hydroxylation is 2. The number of anilines is 2. The minimum absolute atomic E-state index is 0.254. The first kappa shape index (κ1) is 17.8. The monoisotopic (exact) mass is 361 g/mol. The van der Waals surface area contributed by atoms with Crippen molar-refractivity contribution in [2.24, 2.45) is 0 Å². The van der Waals surface area contributed by atoms with Gasteiger partial charge in [0.1, 0.15) is 0 Å². The Labute approximate surface area is 149 Å². The van der Waals surface area contributed by atoms with E-state index in [1.165, 1.54) is 0 Å². The lowest BCUT2D eigenvalue weighted by molar-refractivity contribution is 0.449. The van der Waals surface area contributed by atoms with Crippen LogP contribution in [0.2, 0.25) is 0 Å². The van der Waals surface area contributed by atoms with Gasteiger partial charge in [-0.1, -0.05) is 39.0 Å². The van der Waals surface area contributed by atoms with Crippen LogP contribution < -0.4 is 9.64 Å². The van der Waals surface area contributed by atoms with Crippen LogP contribution in [-0.2, 0) is 23.0 Å². The van der Waals surface area contributed by atoms with Crippen molar-refractivity contribution in [1.29, 1.82) is 0 Å². The summed E-state index contributed by atoms with van der Waals surface area (Å²) in [7, 11) is -4.26. The van der Waals surface area contributed by atoms with Crippen molar-refractivity contribution in [3.63, 3.8) is 0 Å². The normalized spacial score (nSPS) is 14.5. The Bertz CT molecular complexity index is 892. The summed E-state index contributed by atoms with van der Waals surface area (Å²) in [4.78, 5) is 1.68. The summed E-state index contributed by atoms with van der Waals surface area (Å²) in [6, 6.07) is 11.5. The van der Waals surface area contributed by atoms with E-state index in [9.17, 15) is 13.0 Å². The number of rotatable bonds is 5. The molecule has 0 spiro atoms. The van der Waals surface area contributed by atoms with Crippen LogP contribution in [0.25, 0.3) is 0 Å². The highest BCUT2D eigenvalue weighted by atomic mass is 32.2. The quantitative estimate of drug-likeness (QED) is 0.783. The maximum absolute atomic E-state index is 12.0.